The molecule has 1 saturated heterocycles. The van der Waals surface area contributed by atoms with E-state index in [2.05, 4.69) is 15.5 Å². The summed E-state index contributed by atoms with van der Waals surface area (Å²) in [4.78, 5) is 4.50. The predicted octanol–water partition coefficient (Wildman–Crippen LogP) is 2.99. The van der Waals surface area contributed by atoms with E-state index in [-0.39, 0.29) is 18.4 Å². The average Bonchev–Trinajstić information content (AvgIpc) is 3.05. The van der Waals surface area contributed by atoms with Crippen molar-refractivity contribution in [1.82, 2.24) is 15.5 Å². The minimum atomic E-state index is 0. The Kier molecular flexibility index (Phi) is 5.63. The van der Waals surface area contributed by atoms with Crippen molar-refractivity contribution in [2.75, 3.05) is 20.8 Å². The molecule has 1 aliphatic rings. The standard InChI is InChI=1S/C15H19N3O3.ClH/c1-19-12-7-6-10(9-13(12)20-2)14-17-15(21-18-14)11-5-3-4-8-16-11;/h6-7,9,11,16H,3-5,8H2,1-2H3;1H. The van der Waals surface area contributed by atoms with E-state index in [1.165, 1.54) is 12.8 Å². The Hall–Kier alpha value is -1.79. The summed E-state index contributed by atoms with van der Waals surface area (Å²) >= 11 is 0. The summed E-state index contributed by atoms with van der Waals surface area (Å²) in [6, 6.07) is 5.75. The zero-order chi connectivity index (χ0) is 14.7. The summed E-state index contributed by atoms with van der Waals surface area (Å²) < 4.78 is 15.9. The average molecular weight is 326 g/mol. The first-order valence-corrected chi connectivity index (χ1v) is 7.11. The van der Waals surface area contributed by atoms with Crippen molar-refractivity contribution >= 4 is 12.4 Å². The van der Waals surface area contributed by atoms with Crippen molar-refractivity contribution < 1.29 is 14.0 Å². The molecule has 120 valence electrons. The van der Waals surface area contributed by atoms with Crippen LogP contribution in [0.2, 0.25) is 0 Å². The predicted molar refractivity (Wildman–Crippen MR) is 84.7 cm³/mol. The zero-order valence-corrected chi connectivity index (χ0v) is 13.5. The van der Waals surface area contributed by atoms with Crippen LogP contribution in [0.4, 0.5) is 0 Å². The summed E-state index contributed by atoms with van der Waals surface area (Å²) in [5.74, 6) is 2.55. The van der Waals surface area contributed by atoms with Gasteiger partial charge in [-0.15, -0.1) is 12.4 Å². The van der Waals surface area contributed by atoms with Crippen LogP contribution in [0.25, 0.3) is 11.4 Å². The normalized spacial score (nSPS) is 17.6. The number of hydrogen-bond acceptors (Lipinski definition) is 6. The second-order valence-electron chi connectivity index (χ2n) is 5.03. The summed E-state index contributed by atoms with van der Waals surface area (Å²) in [6.45, 7) is 0.999. The summed E-state index contributed by atoms with van der Waals surface area (Å²) in [5, 5.41) is 7.47. The minimum absolute atomic E-state index is 0. The van der Waals surface area contributed by atoms with Gasteiger partial charge in [0.25, 0.3) is 0 Å². The molecule has 1 N–H and O–H groups in total. The number of aromatic nitrogens is 2. The van der Waals surface area contributed by atoms with Crippen molar-refractivity contribution in [2.45, 2.75) is 25.3 Å². The topological polar surface area (TPSA) is 69.4 Å². The Morgan fingerprint density at radius 1 is 1.18 bits per heavy atom. The lowest BCUT2D eigenvalue weighted by molar-refractivity contribution is 0.297. The van der Waals surface area contributed by atoms with Crippen LogP contribution in [0, 0.1) is 0 Å². The van der Waals surface area contributed by atoms with Gasteiger partial charge in [0.15, 0.2) is 11.5 Å². The second-order valence-corrected chi connectivity index (χ2v) is 5.03. The third kappa shape index (κ3) is 3.34. The van der Waals surface area contributed by atoms with Gasteiger partial charge in [0, 0.05) is 5.56 Å². The fourth-order valence-corrected chi connectivity index (χ4v) is 2.53. The van der Waals surface area contributed by atoms with Gasteiger partial charge in [-0.2, -0.15) is 4.98 Å². The molecule has 1 fully saturated rings. The summed E-state index contributed by atoms with van der Waals surface area (Å²) in [5.41, 5.74) is 0.846. The van der Waals surface area contributed by atoms with Gasteiger partial charge in [0.05, 0.1) is 20.3 Å². The van der Waals surface area contributed by atoms with Crippen molar-refractivity contribution in [1.29, 1.82) is 0 Å². The van der Waals surface area contributed by atoms with Crippen molar-refractivity contribution in [2.24, 2.45) is 0 Å². The number of benzene rings is 1. The molecule has 2 aromatic rings. The second kappa shape index (κ2) is 7.47. The maximum absolute atomic E-state index is 5.39. The third-order valence-corrected chi connectivity index (χ3v) is 3.69. The van der Waals surface area contributed by atoms with Gasteiger partial charge in [-0.3, -0.25) is 0 Å². The largest absolute Gasteiger partial charge is 0.493 e. The highest BCUT2D eigenvalue weighted by Crippen LogP contribution is 2.32. The Balaban J connectivity index is 0.00000176. The lowest BCUT2D eigenvalue weighted by Crippen LogP contribution is -2.26. The molecule has 2 heterocycles. The van der Waals surface area contributed by atoms with Crippen molar-refractivity contribution in [3.05, 3.63) is 24.1 Å². The first-order valence-electron chi connectivity index (χ1n) is 7.11. The Bertz CT molecular complexity index is 612. The molecule has 3 rings (SSSR count). The van der Waals surface area contributed by atoms with E-state index in [1.54, 1.807) is 14.2 Å². The van der Waals surface area contributed by atoms with Crippen LogP contribution in [-0.4, -0.2) is 30.9 Å². The molecule has 1 atom stereocenters. The van der Waals surface area contributed by atoms with Crippen LogP contribution in [0.15, 0.2) is 22.7 Å². The van der Waals surface area contributed by atoms with Gasteiger partial charge in [-0.25, -0.2) is 0 Å². The Morgan fingerprint density at radius 2 is 2.00 bits per heavy atom. The van der Waals surface area contributed by atoms with Crippen LogP contribution in [0.5, 0.6) is 11.5 Å². The highest BCUT2D eigenvalue weighted by molar-refractivity contribution is 5.85. The molecule has 0 radical (unpaired) electrons. The highest BCUT2D eigenvalue weighted by atomic mass is 35.5. The fraction of sp³-hybridized carbons (Fsp3) is 0.467. The van der Waals surface area contributed by atoms with Crippen LogP contribution in [0.1, 0.15) is 31.2 Å². The molecule has 1 aliphatic heterocycles. The lowest BCUT2D eigenvalue weighted by Gasteiger charge is -2.19. The number of methoxy groups -OCH3 is 2. The van der Waals surface area contributed by atoms with Gasteiger partial charge in [-0.1, -0.05) is 11.6 Å². The van der Waals surface area contributed by atoms with Crippen molar-refractivity contribution in [3.63, 3.8) is 0 Å². The SMILES string of the molecule is COc1ccc(-c2noc(C3CCCCN3)n2)cc1OC.Cl. The van der Waals surface area contributed by atoms with Crippen LogP contribution >= 0.6 is 12.4 Å². The van der Waals surface area contributed by atoms with Crippen LogP contribution in [0.3, 0.4) is 0 Å². The van der Waals surface area contributed by atoms with Crippen LogP contribution in [-0.2, 0) is 0 Å². The molecule has 0 amide bonds. The lowest BCUT2D eigenvalue weighted by atomic mass is 10.1. The number of nitrogens with one attached hydrogen (secondary N) is 1. The van der Waals surface area contributed by atoms with E-state index in [0.717, 1.165) is 18.5 Å². The molecule has 1 aromatic carbocycles. The number of ether oxygens (including phenoxy) is 2. The third-order valence-electron chi connectivity index (χ3n) is 3.69. The molecule has 22 heavy (non-hydrogen) atoms. The quantitative estimate of drug-likeness (QED) is 0.932. The summed E-state index contributed by atoms with van der Waals surface area (Å²) in [6.07, 6.45) is 3.42. The molecule has 0 bridgehead atoms. The molecule has 0 aliphatic carbocycles. The molecular weight excluding hydrogens is 306 g/mol. The number of nitrogens with zero attached hydrogens (tertiary/aromatic N) is 2. The van der Waals surface area contributed by atoms with E-state index >= 15 is 0 Å². The molecule has 0 spiro atoms. The zero-order valence-electron chi connectivity index (χ0n) is 12.7. The molecular formula is C15H20ClN3O3. The van der Waals surface area contributed by atoms with Gasteiger partial charge >= 0.3 is 0 Å². The van der Waals surface area contributed by atoms with Crippen molar-refractivity contribution in [3.8, 4) is 22.9 Å². The minimum Gasteiger partial charge on any atom is -0.493 e. The molecule has 7 heteroatoms. The first kappa shape index (κ1) is 16.6. The maximum Gasteiger partial charge on any atom is 0.244 e. The monoisotopic (exact) mass is 325 g/mol. The van der Waals surface area contributed by atoms with E-state index < -0.39 is 0 Å². The number of hydrogen-bond donors (Lipinski definition) is 1. The first-order chi connectivity index (χ1) is 10.3. The van der Waals surface area contributed by atoms with Crippen LogP contribution < -0.4 is 14.8 Å². The van der Waals surface area contributed by atoms with E-state index in [1.807, 2.05) is 18.2 Å². The molecule has 1 aromatic heterocycles. The van der Waals surface area contributed by atoms with E-state index in [0.29, 0.717) is 23.2 Å². The number of piperidine rings is 1. The summed E-state index contributed by atoms with van der Waals surface area (Å²) in [7, 11) is 3.22. The smallest absolute Gasteiger partial charge is 0.244 e. The number of rotatable bonds is 4. The van der Waals surface area contributed by atoms with Gasteiger partial charge < -0.3 is 19.3 Å². The number of halogens is 1. The van der Waals surface area contributed by atoms with E-state index in [9.17, 15) is 0 Å². The molecule has 0 saturated carbocycles. The van der Waals surface area contributed by atoms with Gasteiger partial charge in [0.2, 0.25) is 11.7 Å². The fourth-order valence-electron chi connectivity index (χ4n) is 2.53. The highest BCUT2D eigenvalue weighted by Gasteiger charge is 2.21. The van der Waals surface area contributed by atoms with Gasteiger partial charge in [-0.05, 0) is 37.6 Å². The Labute approximate surface area is 135 Å². The molecule has 6 nitrogen and oxygen atoms in total. The molecule has 1 unspecified atom stereocenters. The Morgan fingerprint density at radius 3 is 2.68 bits per heavy atom. The van der Waals surface area contributed by atoms with Gasteiger partial charge in [0.1, 0.15) is 0 Å². The maximum atomic E-state index is 5.39. The van der Waals surface area contributed by atoms with E-state index in [4.69, 9.17) is 14.0 Å².